The second-order valence-electron chi connectivity index (χ2n) is 9.56. The zero-order valence-electron chi connectivity index (χ0n) is 21.2. The van der Waals surface area contributed by atoms with Gasteiger partial charge in [0.1, 0.15) is 19.1 Å². The van der Waals surface area contributed by atoms with Crippen LogP contribution in [0.3, 0.4) is 0 Å². The molecular formula is C29H28F2N4O4. The molecule has 5 rings (SSSR count). The van der Waals surface area contributed by atoms with Crippen molar-refractivity contribution in [2.24, 2.45) is 0 Å². The molecule has 0 radical (unpaired) electrons. The van der Waals surface area contributed by atoms with Crippen LogP contribution >= 0.6 is 0 Å². The van der Waals surface area contributed by atoms with Crippen LogP contribution in [0.2, 0.25) is 0 Å². The number of carbonyl (C=O) groups is 1. The summed E-state index contributed by atoms with van der Waals surface area (Å²) in [6.45, 7) is -1.06. The molecule has 3 heterocycles. The number of benzene rings is 2. The molecule has 39 heavy (non-hydrogen) atoms. The van der Waals surface area contributed by atoms with E-state index in [0.717, 1.165) is 22.2 Å². The summed E-state index contributed by atoms with van der Waals surface area (Å²) in [6.07, 6.45) is 2.24. The van der Waals surface area contributed by atoms with E-state index < -0.39 is 30.7 Å². The first-order chi connectivity index (χ1) is 19.0. The predicted octanol–water partition coefficient (Wildman–Crippen LogP) is 3.75. The van der Waals surface area contributed by atoms with Crippen molar-refractivity contribution in [1.29, 1.82) is 0 Å². The molecule has 202 valence electrons. The van der Waals surface area contributed by atoms with Crippen LogP contribution in [0.25, 0.3) is 22.2 Å². The minimum atomic E-state index is -1.28. The molecule has 1 amide bonds. The summed E-state index contributed by atoms with van der Waals surface area (Å²) in [4.78, 5) is 44.8. The summed E-state index contributed by atoms with van der Waals surface area (Å²) in [5.74, 6) is 0.140. The number of pyridine rings is 1. The van der Waals surface area contributed by atoms with Crippen LogP contribution in [-0.2, 0) is 11.3 Å². The van der Waals surface area contributed by atoms with Gasteiger partial charge in [-0.05, 0) is 42.7 Å². The molecule has 0 spiro atoms. The lowest BCUT2D eigenvalue weighted by molar-refractivity contribution is -0.119. The summed E-state index contributed by atoms with van der Waals surface area (Å²) in [5, 5.41) is 0.204. The zero-order valence-corrected chi connectivity index (χ0v) is 21.2. The second kappa shape index (κ2) is 11.6. The smallest absolute Gasteiger partial charge is 0.332 e. The predicted molar refractivity (Wildman–Crippen MR) is 144 cm³/mol. The van der Waals surface area contributed by atoms with Crippen LogP contribution in [0, 0.1) is 0 Å². The largest absolute Gasteiger partial charge is 0.485 e. The third-order valence-electron chi connectivity index (χ3n) is 7.04. The van der Waals surface area contributed by atoms with Crippen molar-refractivity contribution in [3.63, 3.8) is 0 Å². The van der Waals surface area contributed by atoms with Gasteiger partial charge in [0.15, 0.2) is 6.10 Å². The van der Waals surface area contributed by atoms with Crippen molar-refractivity contribution >= 4 is 17.3 Å². The Morgan fingerprint density at radius 3 is 2.38 bits per heavy atom. The van der Waals surface area contributed by atoms with Crippen LogP contribution in [0.1, 0.15) is 24.4 Å². The van der Waals surface area contributed by atoms with Crippen LogP contribution in [0.15, 0.2) is 76.4 Å². The maximum absolute atomic E-state index is 13.8. The number of likely N-dealkylation sites (tertiary alicyclic amines) is 1. The van der Waals surface area contributed by atoms with Crippen LogP contribution in [0.5, 0.6) is 5.75 Å². The summed E-state index contributed by atoms with van der Waals surface area (Å²) in [7, 11) is 0. The highest BCUT2D eigenvalue weighted by molar-refractivity contribution is 5.80. The SMILES string of the molecule is O=CN1CCC(n2c(=O)n(Cc3ccc(-c4ccccc4)nc3)c(=O)c3cc(OC(CF)CF)ccc32)CC1. The van der Waals surface area contributed by atoms with Gasteiger partial charge in [-0.2, -0.15) is 0 Å². The number of fused-ring (bicyclic) bond motifs is 1. The van der Waals surface area contributed by atoms with E-state index in [1.165, 1.54) is 12.1 Å². The van der Waals surface area contributed by atoms with Crippen LogP contribution in [0.4, 0.5) is 8.78 Å². The van der Waals surface area contributed by atoms with E-state index in [0.29, 0.717) is 37.0 Å². The van der Waals surface area contributed by atoms with Gasteiger partial charge in [0.25, 0.3) is 5.56 Å². The number of rotatable bonds is 9. The van der Waals surface area contributed by atoms with E-state index in [9.17, 15) is 23.2 Å². The van der Waals surface area contributed by atoms with Gasteiger partial charge in [0.2, 0.25) is 6.41 Å². The van der Waals surface area contributed by atoms with Gasteiger partial charge in [0, 0.05) is 30.9 Å². The number of hydrogen-bond donors (Lipinski definition) is 0. The lowest BCUT2D eigenvalue weighted by Gasteiger charge is -2.31. The minimum absolute atomic E-state index is 0.00840. The fourth-order valence-electron chi connectivity index (χ4n) is 4.95. The van der Waals surface area contributed by atoms with Crippen molar-refractivity contribution in [2.75, 3.05) is 26.4 Å². The number of halogens is 2. The van der Waals surface area contributed by atoms with Crippen molar-refractivity contribution in [3.8, 4) is 17.0 Å². The summed E-state index contributed by atoms with van der Waals surface area (Å²) in [6, 6.07) is 17.6. The Morgan fingerprint density at radius 1 is 1.00 bits per heavy atom. The Morgan fingerprint density at radius 2 is 1.74 bits per heavy atom. The van der Waals surface area contributed by atoms with Gasteiger partial charge in [-0.3, -0.25) is 23.7 Å². The molecule has 1 saturated heterocycles. The molecule has 10 heteroatoms. The van der Waals surface area contributed by atoms with E-state index in [-0.39, 0.29) is 23.7 Å². The third kappa shape index (κ3) is 5.45. The molecule has 4 aromatic rings. The quantitative estimate of drug-likeness (QED) is 0.305. The first-order valence-corrected chi connectivity index (χ1v) is 12.8. The molecule has 1 aliphatic heterocycles. The number of carbonyl (C=O) groups excluding carboxylic acids is 1. The van der Waals surface area contributed by atoms with Gasteiger partial charge < -0.3 is 9.64 Å². The normalized spacial score (nSPS) is 14.2. The molecule has 0 atom stereocenters. The maximum atomic E-state index is 13.8. The van der Waals surface area contributed by atoms with E-state index in [2.05, 4.69) is 4.98 Å². The molecular weight excluding hydrogens is 506 g/mol. The first-order valence-electron chi connectivity index (χ1n) is 12.8. The number of amides is 1. The van der Waals surface area contributed by atoms with Gasteiger partial charge in [0.05, 0.1) is 23.1 Å². The lowest BCUT2D eigenvalue weighted by Crippen LogP contribution is -2.44. The van der Waals surface area contributed by atoms with Crippen molar-refractivity contribution in [1.82, 2.24) is 19.0 Å². The molecule has 0 unspecified atom stereocenters. The number of piperidine rings is 1. The van der Waals surface area contributed by atoms with Crippen molar-refractivity contribution in [2.45, 2.75) is 31.5 Å². The fourth-order valence-corrected chi connectivity index (χ4v) is 4.95. The summed E-state index contributed by atoms with van der Waals surface area (Å²) >= 11 is 0. The molecule has 1 fully saturated rings. The minimum Gasteiger partial charge on any atom is -0.485 e. The molecule has 0 N–H and O–H groups in total. The Labute approximate surface area is 223 Å². The van der Waals surface area contributed by atoms with Crippen LogP contribution < -0.4 is 16.0 Å². The molecule has 0 saturated carbocycles. The number of hydrogen-bond acceptors (Lipinski definition) is 5. The number of aromatic nitrogens is 3. The Hall–Kier alpha value is -4.34. The number of ether oxygens (including phenoxy) is 1. The van der Waals surface area contributed by atoms with Gasteiger partial charge in [-0.15, -0.1) is 0 Å². The summed E-state index contributed by atoms with van der Waals surface area (Å²) < 4.78 is 34.3. The topological polar surface area (TPSA) is 86.4 Å². The molecule has 1 aliphatic rings. The zero-order chi connectivity index (χ0) is 27.4. The Bertz CT molecular complexity index is 1560. The highest BCUT2D eigenvalue weighted by Gasteiger charge is 2.25. The number of alkyl halides is 2. The standard InChI is InChI=1S/C29H28F2N4O4/c30-15-24(16-31)39-23-7-9-27-25(14-23)28(37)34(29(38)35(27)22-10-12-33(19-36)13-11-22)18-20-6-8-26(32-17-20)21-4-2-1-3-5-21/h1-9,14,17,19,22,24H,10-13,15-16,18H2. The monoisotopic (exact) mass is 534 g/mol. The molecule has 2 aromatic carbocycles. The van der Waals surface area contributed by atoms with Crippen molar-refractivity contribution < 1.29 is 18.3 Å². The lowest BCUT2D eigenvalue weighted by atomic mass is 10.0. The third-order valence-corrected chi connectivity index (χ3v) is 7.04. The van der Waals surface area contributed by atoms with Gasteiger partial charge >= 0.3 is 5.69 Å². The molecule has 2 aromatic heterocycles. The van der Waals surface area contributed by atoms with E-state index >= 15 is 0 Å². The van der Waals surface area contributed by atoms with Gasteiger partial charge in [-0.1, -0.05) is 36.4 Å². The Balaban J connectivity index is 1.57. The highest BCUT2D eigenvalue weighted by atomic mass is 19.1. The van der Waals surface area contributed by atoms with E-state index in [1.54, 1.807) is 21.7 Å². The van der Waals surface area contributed by atoms with E-state index in [4.69, 9.17) is 4.74 Å². The van der Waals surface area contributed by atoms with E-state index in [1.807, 2.05) is 42.5 Å². The molecule has 8 nitrogen and oxygen atoms in total. The average Bonchev–Trinajstić information content (AvgIpc) is 2.99. The fraction of sp³-hybridized carbons (Fsp3) is 0.310. The average molecular weight is 535 g/mol. The second-order valence-corrected chi connectivity index (χ2v) is 9.56. The van der Waals surface area contributed by atoms with Crippen molar-refractivity contribution in [3.05, 3.63) is 93.3 Å². The van der Waals surface area contributed by atoms with Crippen LogP contribution in [-0.4, -0.2) is 58.0 Å². The maximum Gasteiger partial charge on any atom is 0.332 e. The number of nitrogens with zero attached hydrogens (tertiary/aromatic N) is 4. The van der Waals surface area contributed by atoms with Gasteiger partial charge in [-0.25, -0.2) is 13.6 Å². The summed E-state index contributed by atoms with van der Waals surface area (Å²) in [5.41, 5.74) is 1.78. The first kappa shape index (κ1) is 26.3. The Kier molecular flexibility index (Phi) is 7.81. The molecule has 0 bridgehead atoms. The molecule has 0 aliphatic carbocycles. The highest BCUT2D eigenvalue weighted by Crippen LogP contribution is 2.26.